The van der Waals surface area contributed by atoms with E-state index in [0.717, 1.165) is 11.0 Å². The third kappa shape index (κ3) is 1.42. The molecule has 2 aromatic rings. The van der Waals surface area contributed by atoms with Gasteiger partial charge in [-0.2, -0.15) is 0 Å². The molecule has 0 amide bonds. The molecule has 0 spiro atoms. The molecule has 1 aromatic heterocycles. The minimum atomic E-state index is 0.435. The summed E-state index contributed by atoms with van der Waals surface area (Å²) in [4.78, 5) is 0. The van der Waals surface area contributed by atoms with Crippen molar-refractivity contribution < 1.29 is 4.52 Å². The van der Waals surface area contributed by atoms with Gasteiger partial charge in [-0.3, -0.25) is 0 Å². The molecule has 0 saturated heterocycles. The SMILES string of the molecule is CC(C)c1ccc2c(Cl)noc2c1. The van der Waals surface area contributed by atoms with Gasteiger partial charge in [0, 0.05) is 0 Å². The third-order valence-corrected chi connectivity index (χ3v) is 2.39. The summed E-state index contributed by atoms with van der Waals surface area (Å²) >= 11 is 5.80. The monoisotopic (exact) mass is 195 g/mol. The van der Waals surface area contributed by atoms with E-state index in [4.69, 9.17) is 16.1 Å². The highest BCUT2D eigenvalue weighted by molar-refractivity contribution is 6.34. The highest BCUT2D eigenvalue weighted by atomic mass is 35.5. The number of hydrogen-bond acceptors (Lipinski definition) is 2. The first-order valence-corrected chi connectivity index (χ1v) is 4.61. The molecule has 0 aliphatic rings. The average molecular weight is 196 g/mol. The summed E-state index contributed by atoms with van der Waals surface area (Å²) in [6.45, 7) is 4.28. The lowest BCUT2D eigenvalue weighted by Gasteiger charge is -2.02. The molecular formula is C10H10ClNO. The summed E-state index contributed by atoms with van der Waals surface area (Å²) in [5.74, 6) is 0.494. The number of nitrogens with zero attached hydrogens (tertiary/aromatic N) is 1. The van der Waals surface area contributed by atoms with Gasteiger partial charge in [0.2, 0.25) is 0 Å². The zero-order valence-electron chi connectivity index (χ0n) is 7.54. The summed E-state index contributed by atoms with van der Waals surface area (Å²) < 4.78 is 5.06. The lowest BCUT2D eigenvalue weighted by Crippen LogP contribution is -1.84. The Hall–Kier alpha value is -1.02. The third-order valence-electron chi connectivity index (χ3n) is 2.12. The Bertz CT molecular complexity index is 433. The van der Waals surface area contributed by atoms with Crippen molar-refractivity contribution in [1.82, 2.24) is 5.16 Å². The van der Waals surface area contributed by atoms with Gasteiger partial charge >= 0.3 is 0 Å². The molecule has 0 aliphatic carbocycles. The van der Waals surface area contributed by atoms with Crippen LogP contribution >= 0.6 is 11.6 Å². The van der Waals surface area contributed by atoms with Crippen molar-refractivity contribution in [3.05, 3.63) is 28.9 Å². The van der Waals surface area contributed by atoms with Gasteiger partial charge in [-0.25, -0.2) is 0 Å². The van der Waals surface area contributed by atoms with E-state index >= 15 is 0 Å². The molecule has 0 atom stereocenters. The predicted octanol–water partition coefficient (Wildman–Crippen LogP) is 3.60. The lowest BCUT2D eigenvalue weighted by molar-refractivity contribution is 0.456. The van der Waals surface area contributed by atoms with E-state index in [1.165, 1.54) is 5.56 Å². The van der Waals surface area contributed by atoms with Crippen LogP contribution in [0.4, 0.5) is 0 Å². The summed E-state index contributed by atoms with van der Waals surface area (Å²) in [6.07, 6.45) is 0. The van der Waals surface area contributed by atoms with Crippen LogP contribution in [0, 0.1) is 0 Å². The zero-order chi connectivity index (χ0) is 9.42. The molecule has 0 unspecified atom stereocenters. The Morgan fingerprint density at radius 1 is 1.38 bits per heavy atom. The number of halogens is 1. The minimum Gasteiger partial charge on any atom is -0.355 e. The molecule has 0 N–H and O–H groups in total. The topological polar surface area (TPSA) is 26.0 Å². The van der Waals surface area contributed by atoms with Crippen LogP contribution in [0.3, 0.4) is 0 Å². The first kappa shape index (κ1) is 8.57. The molecule has 0 fully saturated rings. The standard InChI is InChI=1S/C10H10ClNO/c1-6(2)7-3-4-8-9(5-7)13-12-10(8)11/h3-6H,1-2H3. The molecule has 1 aromatic carbocycles. The van der Waals surface area contributed by atoms with Gasteiger partial charge in [0.25, 0.3) is 0 Å². The minimum absolute atomic E-state index is 0.435. The van der Waals surface area contributed by atoms with Gasteiger partial charge in [-0.15, -0.1) is 0 Å². The molecule has 0 saturated carbocycles. The van der Waals surface area contributed by atoms with E-state index in [0.29, 0.717) is 11.1 Å². The van der Waals surface area contributed by atoms with E-state index in [9.17, 15) is 0 Å². The Labute approximate surface area is 81.5 Å². The van der Waals surface area contributed by atoms with Gasteiger partial charge < -0.3 is 4.52 Å². The number of benzene rings is 1. The largest absolute Gasteiger partial charge is 0.355 e. The van der Waals surface area contributed by atoms with Crippen LogP contribution in [0.1, 0.15) is 25.3 Å². The second kappa shape index (κ2) is 3.04. The van der Waals surface area contributed by atoms with E-state index < -0.39 is 0 Å². The number of hydrogen-bond donors (Lipinski definition) is 0. The van der Waals surface area contributed by atoms with Crippen LogP contribution in [0.25, 0.3) is 11.0 Å². The molecule has 0 aliphatic heterocycles. The summed E-state index contributed by atoms with van der Waals surface area (Å²) in [6, 6.07) is 5.98. The Morgan fingerprint density at radius 3 is 2.85 bits per heavy atom. The molecule has 1 heterocycles. The zero-order valence-corrected chi connectivity index (χ0v) is 8.30. The first-order valence-electron chi connectivity index (χ1n) is 4.23. The van der Waals surface area contributed by atoms with Gasteiger partial charge in [0.05, 0.1) is 5.39 Å². The van der Waals surface area contributed by atoms with Crippen molar-refractivity contribution in [1.29, 1.82) is 0 Å². The number of fused-ring (bicyclic) bond motifs is 1. The van der Waals surface area contributed by atoms with Gasteiger partial charge in [-0.1, -0.05) is 36.7 Å². The fourth-order valence-electron chi connectivity index (χ4n) is 1.28. The van der Waals surface area contributed by atoms with E-state index in [2.05, 4.69) is 25.1 Å². The lowest BCUT2D eigenvalue weighted by atomic mass is 10.0. The van der Waals surface area contributed by atoms with Crippen LogP contribution < -0.4 is 0 Å². The van der Waals surface area contributed by atoms with Crippen LogP contribution in [0.15, 0.2) is 22.7 Å². The van der Waals surface area contributed by atoms with Crippen LogP contribution in [0.5, 0.6) is 0 Å². The van der Waals surface area contributed by atoms with Crippen LogP contribution in [-0.4, -0.2) is 5.16 Å². The van der Waals surface area contributed by atoms with E-state index in [-0.39, 0.29) is 0 Å². The van der Waals surface area contributed by atoms with Crippen molar-refractivity contribution in [2.75, 3.05) is 0 Å². The second-order valence-corrected chi connectivity index (χ2v) is 3.74. The number of aromatic nitrogens is 1. The molecule has 0 radical (unpaired) electrons. The maximum atomic E-state index is 5.80. The predicted molar refractivity (Wildman–Crippen MR) is 53.1 cm³/mol. The van der Waals surface area contributed by atoms with Crippen LogP contribution in [-0.2, 0) is 0 Å². The molecule has 3 heteroatoms. The van der Waals surface area contributed by atoms with E-state index in [1.54, 1.807) is 0 Å². The average Bonchev–Trinajstić information content (AvgIpc) is 2.47. The summed E-state index contributed by atoms with van der Waals surface area (Å²) in [7, 11) is 0. The molecular weight excluding hydrogens is 186 g/mol. The van der Waals surface area contributed by atoms with Gasteiger partial charge in [-0.05, 0) is 23.6 Å². The molecule has 2 rings (SSSR count). The molecule has 2 nitrogen and oxygen atoms in total. The highest BCUT2D eigenvalue weighted by Crippen LogP contribution is 2.26. The second-order valence-electron chi connectivity index (χ2n) is 3.38. The van der Waals surface area contributed by atoms with Gasteiger partial charge in [0.1, 0.15) is 0 Å². The quantitative estimate of drug-likeness (QED) is 0.695. The van der Waals surface area contributed by atoms with Crippen molar-refractivity contribution in [2.45, 2.75) is 19.8 Å². The molecule has 13 heavy (non-hydrogen) atoms. The maximum absolute atomic E-state index is 5.80. The summed E-state index contributed by atoms with van der Waals surface area (Å²) in [5.41, 5.74) is 2.00. The van der Waals surface area contributed by atoms with Crippen LogP contribution in [0.2, 0.25) is 5.15 Å². The highest BCUT2D eigenvalue weighted by Gasteiger charge is 2.07. The molecule has 68 valence electrons. The number of rotatable bonds is 1. The Balaban J connectivity index is 2.63. The van der Waals surface area contributed by atoms with Crippen molar-refractivity contribution in [2.24, 2.45) is 0 Å². The van der Waals surface area contributed by atoms with E-state index in [1.807, 2.05) is 12.1 Å². The smallest absolute Gasteiger partial charge is 0.179 e. The normalized spacial score (nSPS) is 11.4. The van der Waals surface area contributed by atoms with Gasteiger partial charge in [0.15, 0.2) is 10.7 Å². The first-order chi connectivity index (χ1) is 6.18. The summed E-state index contributed by atoms with van der Waals surface area (Å²) in [5, 5.41) is 5.00. The van der Waals surface area contributed by atoms with Crippen molar-refractivity contribution in [3.63, 3.8) is 0 Å². The van der Waals surface area contributed by atoms with Crippen molar-refractivity contribution in [3.8, 4) is 0 Å². The molecule has 0 bridgehead atoms. The fourth-order valence-corrected chi connectivity index (χ4v) is 1.47. The Morgan fingerprint density at radius 2 is 2.15 bits per heavy atom. The van der Waals surface area contributed by atoms with Crippen molar-refractivity contribution >= 4 is 22.6 Å². The fraction of sp³-hybridized carbons (Fsp3) is 0.300. The Kier molecular flexibility index (Phi) is 2.00. The maximum Gasteiger partial charge on any atom is 0.179 e.